The van der Waals surface area contributed by atoms with Gasteiger partial charge < -0.3 is 15.0 Å². The molecule has 4 heteroatoms. The summed E-state index contributed by atoms with van der Waals surface area (Å²) in [5.41, 5.74) is 0. The van der Waals surface area contributed by atoms with Crippen molar-refractivity contribution in [1.82, 2.24) is 10.2 Å². The molecule has 0 radical (unpaired) electrons. The molecular formula is C9H16N2O2. The molecule has 0 aromatic heterocycles. The molecular weight excluding hydrogens is 168 g/mol. The van der Waals surface area contributed by atoms with Gasteiger partial charge in [0.2, 0.25) is 0 Å². The average molecular weight is 184 g/mol. The minimum absolute atomic E-state index is 0.260. The van der Waals surface area contributed by atoms with Gasteiger partial charge in [0.25, 0.3) is 0 Å². The smallest absolute Gasteiger partial charge is 0.407 e. The monoisotopic (exact) mass is 184 g/mol. The van der Waals surface area contributed by atoms with Gasteiger partial charge in [-0.25, -0.2) is 4.79 Å². The maximum Gasteiger partial charge on any atom is 0.407 e. The molecule has 2 rings (SSSR count). The fourth-order valence-corrected chi connectivity index (χ4v) is 2.26. The second-order valence-corrected chi connectivity index (χ2v) is 3.94. The van der Waals surface area contributed by atoms with Gasteiger partial charge in [0, 0.05) is 19.1 Å². The highest BCUT2D eigenvalue weighted by Crippen LogP contribution is 2.44. The molecule has 1 amide bonds. The summed E-state index contributed by atoms with van der Waals surface area (Å²) in [6.07, 6.45) is -0.260. The van der Waals surface area contributed by atoms with Crippen LogP contribution in [0.4, 0.5) is 4.79 Å². The van der Waals surface area contributed by atoms with Crippen molar-refractivity contribution in [1.29, 1.82) is 0 Å². The minimum Gasteiger partial charge on any atom is -0.450 e. The van der Waals surface area contributed by atoms with E-state index in [1.807, 2.05) is 6.92 Å². The van der Waals surface area contributed by atoms with E-state index >= 15 is 0 Å². The van der Waals surface area contributed by atoms with Crippen LogP contribution in [-0.2, 0) is 4.74 Å². The lowest BCUT2D eigenvalue weighted by atomic mass is 10.4. The third-order valence-electron chi connectivity index (χ3n) is 2.94. The quantitative estimate of drug-likeness (QED) is 0.670. The number of hydrogen-bond acceptors (Lipinski definition) is 3. The number of carbonyl (C=O) groups is 1. The highest BCUT2D eigenvalue weighted by Gasteiger charge is 2.55. The van der Waals surface area contributed by atoms with E-state index in [1.54, 1.807) is 0 Å². The third kappa shape index (κ3) is 1.63. The van der Waals surface area contributed by atoms with E-state index in [1.165, 1.54) is 0 Å². The van der Waals surface area contributed by atoms with Crippen molar-refractivity contribution in [2.24, 2.45) is 11.8 Å². The molecule has 0 aromatic carbocycles. The van der Waals surface area contributed by atoms with Crippen molar-refractivity contribution < 1.29 is 9.53 Å². The van der Waals surface area contributed by atoms with Gasteiger partial charge in [-0.1, -0.05) is 0 Å². The molecule has 1 aliphatic carbocycles. The maximum atomic E-state index is 11.1. The Hall–Kier alpha value is -0.770. The molecule has 0 bridgehead atoms. The van der Waals surface area contributed by atoms with Crippen LogP contribution in [0.5, 0.6) is 0 Å². The van der Waals surface area contributed by atoms with Crippen LogP contribution < -0.4 is 5.32 Å². The van der Waals surface area contributed by atoms with Crippen LogP contribution in [0.3, 0.4) is 0 Å². The Morgan fingerprint density at radius 3 is 2.69 bits per heavy atom. The summed E-state index contributed by atoms with van der Waals surface area (Å²) < 4.78 is 4.82. The Labute approximate surface area is 78.2 Å². The minimum atomic E-state index is -0.260. The number of nitrogens with zero attached hydrogens (tertiary/aromatic N) is 1. The SMILES string of the molecule is CCOC(=O)NC1[C@H]2CN(C)C[C@@H]12. The first-order valence-corrected chi connectivity index (χ1v) is 4.84. The highest BCUT2D eigenvalue weighted by molar-refractivity contribution is 5.68. The van der Waals surface area contributed by atoms with Crippen molar-refractivity contribution in [3.8, 4) is 0 Å². The number of piperidine rings is 1. The van der Waals surface area contributed by atoms with E-state index in [2.05, 4.69) is 17.3 Å². The van der Waals surface area contributed by atoms with E-state index in [0.29, 0.717) is 24.5 Å². The summed E-state index contributed by atoms with van der Waals surface area (Å²) in [5, 5.41) is 2.89. The molecule has 2 fully saturated rings. The van der Waals surface area contributed by atoms with Crippen molar-refractivity contribution >= 4 is 6.09 Å². The van der Waals surface area contributed by atoms with Gasteiger partial charge in [-0.05, 0) is 25.8 Å². The zero-order valence-corrected chi connectivity index (χ0v) is 8.12. The molecule has 0 spiro atoms. The number of rotatable bonds is 2. The lowest BCUT2D eigenvalue weighted by Gasteiger charge is -2.13. The summed E-state index contributed by atoms with van der Waals surface area (Å²) in [7, 11) is 2.12. The third-order valence-corrected chi connectivity index (χ3v) is 2.94. The standard InChI is InChI=1S/C9H16N2O2/c1-3-13-9(12)10-8-6-4-11(2)5-7(6)8/h6-8H,3-5H2,1-2H3,(H,10,12)/t6-,7+,8?. The molecule has 0 aromatic rings. The maximum absolute atomic E-state index is 11.1. The Kier molecular flexibility index (Phi) is 2.15. The number of likely N-dealkylation sites (tertiary alicyclic amines) is 1. The van der Waals surface area contributed by atoms with Crippen LogP contribution in [0.2, 0.25) is 0 Å². The summed E-state index contributed by atoms with van der Waals surface area (Å²) in [6.45, 7) is 4.50. The molecule has 74 valence electrons. The van der Waals surface area contributed by atoms with Crippen LogP contribution in [-0.4, -0.2) is 43.8 Å². The zero-order valence-electron chi connectivity index (χ0n) is 8.12. The molecule has 13 heavy (non-hydrogen) atoms. The molecule has 1 N–H and O–H groups in total. The molecule has 1 aliphatic heterocycles. The molecule has 2 aliphatic rings. The van der Waals surface area contributed by atoms with Gasteiger partial charge in [0.1, 0.15) is 0 Å². The summed E-state index contributed by atoms with van der Waals surface area (Å²) in [4.78, 5) is 13.4. The fourth-order valence-electron chi connectivity index (χ4n) is 2.26. The van der Waals surface area contributed by atoms with Crippen molar-refractivity contribution in [3.05, 3.63) is 0 Å². The van der Waals surface area contributed by atoms with Gasteiger partial charge >= 0.3 is 6.09 Å². The topological polar surface area (TPSA) is 41.6 Å². The van der Waals surface area contributed by atoms with Gasteiger partial charge in [0.15, 0.2) is 0 Å². The molecule has 1 heterocycles. The molecule has 3 atom stereocenters. The number of alkyl carbamates (subject to hydrolysis) is 1. The fraction of sp³-hybridized carbons (Fsp3) is 0.889. The number of carbonyl (C=O) groups excluding carboxylic acids is 1. The van der Waals surface area contributed by atoms with Crippen LogP contribution in [0.25, 0.3) is 0 Å². The van der Waals surface area contributed by atoms with E-state index < -0.39 is 0 Å². The molecule has 1 saturated heterocycles. The van der Waals surface area contributed by atoms with Gasteiger partial charge in [-0.15, -0.1) is 0 Å². The first-order chi connectivity index (χ1) is 6.22. The second-order valence-electron chi connectivity index (χ2n) is 3.94. The summed E-state index contributed by atoms with van der Waals surface area (Å²) in [6, 6.07) is 0.384. The van der Waals surface area contributed by atoms with E-state index in [4.69, 9.17) is 4.74 Å². The lowest BCUT2D eigenvalue weighted by Crippen LogP contribution is -2.33. The van der Waals surface area contributed by atoms with E-state index in [0.717, 1.165) is 13.1 Å². The van der Waals surface area contributed by atoms with E-state index in [9.17, 15) is 4.79 Å². The predicted molar refractivity (Wildman–Crippen MR) is 48.4 cm³/mol. The zero-order chi connectivity index (χ0) is 9.42. The average Bonchev–Trinajstić information content (AvgIpc) is 2.56. The van der Waals surface area contributed by atoms with E-state index in [-0.39, 0.29) is 6.09 Å². The van der Waals surface area contributed by atoms with Crippen LogP contribution >= 0.6 is 0 Å². The number of nitrogens with one attached hydrogen (secondary N) is 1. The Balaban J connectivity index is 1.73. The molecule has 4 nitrogen and oxygen atoms in total. The number of hydrogen-bond donors (Lipinski definition) is 1. The number of amides is 1. The summed E-state index contributed by atoms with van der Waals surface area (Å²) in [5.74, 6) is 1.35. The van der Waals surface area contributed by atoms with Crippen LogP contribution in [0.1, 0.15) is 6.92 Å². The molecule has 1 unspecified atom stereocenters. The summed E-state index contributed by atoms with van der Waals surface area (Å²) >= 11 is 0. The predicted octanol–water partition coefficient (Wildman–Crippen LogP) is 0.292. The Bertz CT molecular complexity index is 208. The number of fused-ring (bicyclic) bond motifs is 1. The second kappa shape index (κ2) is 3.18. The van der Waals surface area contributed by atoms with Gasteiger partial charge in [-0.2, -0.15) is 0 Å². The number of ether oxygens (including phenoxy) is 1. The van der Waals surface area contributed by atoms with Crippen molar-refractivity contribution in [2.45, 2.75) is 13.0 Å². The first-order valence-electron chi connectivity index (χ1n) is 4.84. The van der Waals surface area contributed by atoms with Crippen molar-refractivity contribution in [3.63, 3.8) is 0 Å². The molecule has 1 saturated carbocycles. The Morgan fingerprint density at radius 2 is 2.15 bits per heavy atom. The normalized spacial score (nSPS) is 36.9. The van der Waals surface area contributed by atoms with Gasteiger partial charge in [-0.3, -0.25) is 0 Å². The Morgan fingerprint density at radius 1 is 1.54 bits per heavy atom. The van der Waals surface area contributed by atoms with Crippen LogP contribution in [0.15, 0.2) is 0 Å². The van der Waals surface area contributed by atoms with Crippen LogP contribution in [0, 0.1) is 11.8 Å². The lowest BCUT2D eigenvalue weighted by molar-refractivity contribution is 0.149. The largest absolute Gasteiger partial charge is 0.450 e. The van der Waals surface area contributed by atoms with Crippen molar-refractivity contribution in [2.75, 3.05) is 26.7 Å². The first kappa shape index (κ1) is 8.81. The highest BCUT2D eigenvalue weighted by atomic mass is 16.5. The van der Waals surface area contributed by atoms with Gasteiger partial charge in [0.05, 0.1) is 6.61 Å².